The van der Waals surface area contributed by atoms with Crippen molar-refractivity contribution in [1.82, 2.24) is 20.0 Å². The first-order chi connectivity index (χ1) is 12.5. The van der Waals surface area contributed by atoms with E-state index < -0.39 is 5.82 Å². The number of hydrogen-bond donors (Lipinski definition) is 1. The second-order valence-corrected chi connectivity index (χ2v) is 7.28. The number of halogens is 1. The van der Waals surface area contributed by atoms with Crippen LogP contribution in [0.4, 0.5) is 4.39 Å². The normalized spacial score (nSPS) is 21.8. The Labute approximate surface area is 151 Å². The minimum Gasteiger partial charge on any atom is -0.350 e. The van der Waals surface area contributed by atoms with Gasteiger partial charge in [0.15, 0.2) is 0 Å². The maximum Gasteiger partial charge on any atom is 0.253 e. The molecule has 2 aromatic rings. The van der Waals surface area contributed by atoms with Gasteiger partial charge < -0.3 is 10.2 Å². The number of likely N-dealkylation sites (tertiary alicyclic amines) is 1. The Bertz CT molecular complexity index is 855. The van der Waals surface area contributed by atoms with Crippen molar-refractivity contribution >= 4 is 11.8 Å². The fourth-order valence-corrected chi connectivity index (χ4v) is 4.04. The molecule has 2 fully saturated rings. The van der Waals surface area contributed by atoms with Crippen molar-refractivity contribution in [2.75, 3.05) is 13.1 Å². The summed E-state index contributed by atoms with van der Waals surface area (Å²) in [4.78, 5) is 26.8. The summed E-state index contributed by atoms with van der Waals surface area (Å²) in [5, 5.41) is 7.32. The molecule has 1 atom stereocenters. The number of carbonyl (C=O) groups is 2. The van der Waals surface area contributed by atoms with Gasteiger partial charge in [-0.15, -0.1) is 0 Å². The molecule has 4 rings (SSSR count). The Hall–Kier alpha value is -2.70. The number of rotatable bonds is 2. The van der Waals surface area contributed by atoms with Gasteiger partial charge in [0.25, 0.3) is 5.91 Å². The van der Waals surface area contributed by atoms with Crippen LogP contribution in [0, 0.1) is 5.82 Å². The summed E-state index contributed by atoms with van der Waals surface area (Å²) >= 11 is 0. The number of nitrogens with zero attached hydrogens (tertiary/aromatic N) is 3. The molecule has 1 aromatic heterocycles. The highest BCUT2D eigenvalue weighted by Gasteiger charge is 2.47. The smallest absolute Gasteiger partial charge is 0.253 e. The van der Waals surface area contributed by atoms with Gasteiger partial charge in [0.05, 0.1) is 12.1 Å². The highest BCUT2D eigenvalue weighted by atomic mass is 19.1. The molecule has 0 radical (unpaired) electrons. The van der Waals surface area contributed by atoms with Crippen LogP contribution in [-0.4, -0.2) is 45.1 Å². The number of piperidine rings is 1. The first kappa shape index (κ1) is 16.8. The molecular formula is C19H21FN4O2. The highest BCUT2D eigenvalue weighted by molar-refractivity contribution is 5.94. The first-order valence-electron chi connectivity index (χ1n) is 8.81. The molecule has 6 nitrogen and oxygen atoms in total. The van der Waals surface area contributed by atoms with Crippen molar-refractivity contribution < 1.29 is 14.0 Å². The van der Waals surface area contributed by atoms with Crippen LogP contribution in [0.3, 0.4) is 0 Å². The van der Waals surface area contributed by atoms with Crippen molar-refractivity contribution in [2.45, 2.75) is 30.7 Å². The predicted molar refractivity (Wildman–Crippen MR) is 93.0 cm³/mol. The lowest BCUT2D eigenvalue weighted by atomic mass is 9.82. The zero-order valence-corrected chi connectivity index (χ0v) is 14.6. The molecule has 26 heavy (non-hydrogen) atoms. The molecule has 0 saturated carbocycles. The summed E-state index contributed by atoms with van der Waals surface area (Å²) < 4.78 is 15.1. The molecule has 2 aliphatic heterocycles. The fraction of sp³-hybridized carbons (Fsp3) is 0.421. The lowest BCUT2D eigenvalue weighted by molar-refractivity contribution is -0.121. The van der Waals surface area contributed by atoms with Crippen LogP contribution in [0.25, 0.3) is 0 Å². The average Bonchev–Trinajstić information content (AvgIpc) is 3.18. The summed E-state index contributed by atoms with van der Waals surface area (Å²) in [6, 6.07) is 5.77. The fourth-order valence-electron chi connectivity index (χ4n) is 4.04. The molecule has 136 valence electrons. The van der Waals surface area contributed by atoms with Crippen molar-refractivity contribution in [3.63, 3.8) is 0 Å². The third-order valence-corrected chi connectivity index (χ3v) is 5.51. The number of carbonyl (C=O) groups excluding carboxylic acids is 2. The summed E-state index contributed by atoms with van der Waals surface area (Å²) in [5.74, 6) is -0.726. The number of nitrogens with one attached hydrogen (secondary N) is 1. The summed E-state index contributed by atoms with van der Waals surface area (Å²) in [7, 11) is 1.84. The third kappa shape index (κ3) is 2.98. The minimum atomic E-state index is -0.410. The molecule has 3 heterocycles. The average molecular weight is 356 g/mol. The van der Waals surface area contributed by atoms with Crippen molar-refractivity contribution in [1.29, 1.82) is 0 Å². The Morgan fingerprint density at radius 2 is 2.12 bits per heavy atom. The van der Waals surface area contributed by atoms with Crippen LogP contribution in [0.15, 0.2) is 36.7 Å². The second-order valence-electron chi connectivity index (χ2n) is 7.28. The number of aryl methyl sites for hydroxylation is 1. The van der Waals surface area contributed by atoms with E-state index >= 15 is 0 Å². The maximum absolute atomic E-state index is 13.4. The van der Waals surface area contributed by atoms with Crippen LogP contribution in [0.5, 0.6) is 0 Å². The Balaban J connectivity index is 1.43. The van der Waals surface area contributed by atoms with Gasteiger partial charge in [-0.05, 0) is 37.5 Å². The largest absolute Gasteiger partial charge is 0.350 e. The van der Waals surface area contributed by atoms with Crippen LogP contribution >= 0.6 is 0 Å². The molecule has 7 heteroatoms. The Morgan fingerprint density at radius 3 is 2.77 bits per heavy atom. The van der Waals surface area contributed by atoms with Gasteiger partial charge in [-0.3, -0.25) is 14.3 Å². The molecule has 2 aliphatic rings. The number of benzene rings is 1. The van der Waals surface area contributed by atoms with Gasteiger partial charge in [-0.25, -0.2) is 4.39 Å². The zero-order chi connectivity index (χ0) is 18.3. The lowest BCUT2D eigenvalue weighted by Crippen LogP contribution is -2.52. The maximum atomic E-state index is 13.4. The second kappa shape index (κ2) is 6.23. The van der Waals surface area contributed by atoms with Gasteiger partial charge in [0.2, 0.25) is 5.91 Å². The van der Waals surface area contributed by atoms with Crippen molar-refractivity contribution in [2.24, 2.45) is 7.05 Å². The molecule has 1 N–H and O–H groups in total. The lowest BCUT2D eigenvalue weighted by Gasteiger charge is -2.39. The molecule has 2 amide bonds. The van der Waals surface area contributed by atoms with E-state index in [1.165, 1.54) is 12.1 Å². The first-order valence-corrected chi connectivity index (χ1v) is 8.81. The molecule has 0 bridgehead atoms. The standard InChI is InChI=1S/C19H21FN4O2/c1-23-12-14(11-21-23)16-10-19(22-17(16)25)5-7-24(8-6-19)18(26)13-3-2-4-15(20)9-13/h2-4,9,11-12,16H,5-8,10H2,1H3,(H,22,25). The minimum absolute atomic E-state index is 0.0305. The molecule has 1 aromatic carbocycles. The van der Waals surface area contributed by atoms with Gasteiger partial charge in [0.1, 0.15) is 5.82 Å². The highest BCUT2D eigenvalue weighted by Crippen LogP contribution is 2.39. The monoisotopic (exact) mass is 356 g/mol. The van der Waals surface area contributed by atoms with Gasteiger partial charge in [-0.1, -0.05) is 6.07 Å². The van der Waals surface area contributed by atoms with E-state index in [1.54, 1.807) is 27.9 Å². The van der Waals surface area contributed by atoms with Crippen LogP contribution in [-0.2, 0) is 11.8 Å². The van der Waals surface area contributed by atoms with Gasteiger partial charge >= 0.3 is 0 Å². The van der Waals surface area contributed by atoms with Crippen molar-refractivity contribution in [3.8, 4) is 0 Å². The number of hydrogen-bond acceptors (Lipinski definition) is 3. The molecule has 1 spiro atoms. The third-order valence-electron chi connectivity index (χ3n) is 5.51. The van der Waals surface area contributed by atoms with E-state index in [4.69, 9.17) is 0 Å². The van der Waals surface area contributed by atoms with Gasteiger partial charge in [0, 0.05) is 43.0 Å². The SMILES string of the molecule is Cn1cc(C2CC3(CCN(C(=O)c4cccc(F)c4)CC3)NC2=O)cn1. The molecule has 0 aliphatic carbocycles. The Morgan fingerprint density at radius 1 is 1.35 bits per heavy atom. The van der Waals surface area contributed by atoms with Crippen LogP contribution < -0.4 is 5.32 Å². The predicted octanol–water partition coefficient (Wildman–Crippen LogP) is 1.84. The molecule has 1 unspecified atom stereocenters. The van der Waals surface area contributed by atoms with Crippen LogP contribution in [0.1, 0.15) is 41.1 Å². The Kier molecular flexibility index (Phi) is 4.01. The summed E-state index contributed by atoms with van der Waals surface area (Å²) in [6.45, 7) is 1.10. The summed E-state index contributed by atoms with van der Waals surface area (Å²) in [6.07, 6.45) is 5.75. The van der Waals surface area contributed by atoms with Crippen molar-refractivity contribution in [3.05, 3.63) is 53.6 Å². The van der Waals surface area contributed by atoms with E-state index in [1.807, 2.05) is 13.2 Å². The molecule has 2 saturated heterocycles. The molecular weight excluding hydrogens is 335 g/mol. The number of amides is 2. The van der Waals surface area contributed by atoms with E-state index in [9.17, 15) is 14.0 Å². The topological polar surface area (TPSA) is 67.2 Å². The number of aromatic nitrogens is 2. The van der Waals surface area contributed by atoms with E-state index in [0.717, 1.165) is 12.0 Å². The zero-order valence-electron chi connectivity index (χ0n) is 14.6. The van der Waals surface area contributed by atoms with E-state index in [2.05, 4.69) is 10.4 Å². The van der Waals surface area contributed by atoms with Gasteiger partial charge in [-0.2, -0.15) is 5.10 Å². The quantitative estimate of drug-likeness (QED) is 0.893. The van der Waals surface area contributed by atoms with E-state index in [-0.39, 0.29) is 23.3 Å². The van der Waals surface area contributed by atoms with Crippen LogP contribution in [0.2, 0.25) is 0 Å². The summed E-state index contributed by atoms with van der Waals surface area (Å²) in [5.41, 5.74) is 1.03. The van der Waals surface area contributed by atoms with E-state index in [0.29, 0.717) is 31.5 Å².